The summed E-state index contributed by atoms with van der Waals surface area (Å²) in [6.07, 6.45) is 2.63. The molecule has 0 fully saturated rings. The molecule has 1 aliphatic rings. The molecule has 1 aromatic heterocycles. The Bertz CT molecular complexity index is 1210. The van der Waals surface area contributed by atoms with Crippen LogP contribution in [0, 0.1) is 24.1 Å². The van der Waals surface area contributed by atoms with Crippen LogP contribution in [0.4, 0.5) is 15.1 Å². The minimum Gasteiger partial charge on any atom is -0.322 e. The van der Waals surface area contributed by atoms with E-state index in [0.29, 0.717) is 22.2 Å². The van der Waals surface area contributed by atoms with Gasteiger partial charge in [-0.25, -0.2) is 4.39 Å². The van der Waals surface area contributed by atoms with Crippen molar-refractivity contribution in [2.45, 2.75) is 47.0 Å². The molecule has 0 spiro atoms. The molecule has 0 radical (unpaired) electrons. The normalized spacial score (nSPS) is 15.6. The van der Waals surface area contributed by atoms with E-state index in [9.17, 15) is 14.0 Å². The molecule has 172 valence electrons. The molecule has 0 saturated heterocycles. The molecule has 1 atom stereocenters. The number of hydrogen-bond donors (Lipinski definition) is 2. The quantitative estimate of drug-likeness (QED) is 0.443. The molecule has 2 amide bonds. The van der Waals surface area contributed by atoms with Gasteiger partial charge in [0.2, 0.25) is 0 Å². The van der Waals surface area contributed by atoms with Gasteiger partial charge in [0.15, 0.2) is 0 Å². The van der Waals surface area contributed by atoms with Crippen molar-refractivity contribution in [1.29, 1.82) is 0 Å². The molecule has 2 aromatic carbocycles. The van der Waals surface area contributed by atoms with Crippen molar-refractivity contribution < 1.29 is 14.0 Å². The smallest absolute Gasteiger partial charge is 0.259 e. The predicted molar refractivity (Wildman–Crippen MR) is 133 cm³/mol. The van der Waals surface area contributed by atoms with Gasteiger partial charge in [0, 0.05) is 10.6 Å². The summed E-state index contributed by atoms with van der Waals surface area (Å²) in [7, 11) is 0. The van der Waals surface area contributed by atoms with Crippen molar-refractivity contribution >= 4 is 33.8 Å². The van der Waals surface area contributed by atoms with Crippen molar-refractivity contribution in [3.63, 3.8) is 0 Å². The fraction of sp³-hybridized carbons (Fsp3) is 0.333. The second-order valence-electron chi connectivity index (χ2n) is 9.77. The fourth-order valence-electron chi connectivity index (χ4n) is 4.39. The molecule has 3 aromatic rings. The molecule has 0 bridgehead atoms. The van der Waals surface area contributed by atoms with Crippen LogP contribution in [0.1, 0.15) is 63.9 Å². The van der Waals surface area contributed by atoms with E-state index in [1.807, 2.05) is 31.2 Å². The maximum Gasteiger partial charge on any atom is 0.259 e. The lowest BCUT2D eigenvalue weighted by Gasteiger charge is -2.33. The van der Waals surface area contributed by atoms with Crippen molar-refractivity contribution in [3.05, 3.63) is 81.5 Å². The molecule has 4 nitrogen and oxygen atoms in total. The summed E-state index contributed by atoms with van der Waals surface area (Å²) in [6.45, 7) is 8.68. The number of amides is 2. The van der Waals surface area contributed by atoms with E-state index in [-0.39, 0.29) is 16.9 Å². The van der Waals surface area contributed by atoms with Crippen LogP contribution in [0.25, 0.3) is 0 Å². The fourth-order valence-corrected chi connectivity index (χ4v) is 5.71. The number of hydrogen-bond acceptors (Lipinski definition) is 3. The van der Waals surface area contributed by atoms with Crippen molar-refractivity contribution in [1.82, 2.24) is 0 Å². The van der Waals surface area contributed by atoms with Crippen LogP contribution in [0.5, 0.6) is 0 Å². The zero-order valence-electron chi connectivity index (χ0n) is 19.4. The molecule has 2 N–H and O–H groups in total. The summed E-state index contributed by atoms with van der Waals surface area (Å²) in [6, 6.07) is 13.5. The van der Waals surface area contributed by atoms with E-state index >= 15 is 0 Å². The highest BCUT2D eigenvalue weighted by molar-refractivity contribution is 7.17. The topological polar surface area (TPSA) is 58.2 Å². The average Bonchev–Trinajstić information content (AvgIpc) is 3.10. The largest absolute Gasteiger partial charge is 0.322 e. The molecule has 0 aliphatic heterocycles. The number of rotatable bonds is 4. The first-order valence-electron chi connectivity index (χ1n) is 11.2. The van der Waals surface area contributed by atoms with Gasteiger partial charge < -0.3 is 10.6 Å². The molecule has 4 rings (SSSR count). The van der Waals surface area contributed by atoms with Crippen LogP contribution in [-0.4, -0.2) is 11.8 Å². The molecular weight excluding hydrogens is 435 g/mol. The first-order chi connectivity index (χ1) is 15.6. The summed E-state index contributed by atoms with van der Waals surface area (Å²) in [5.74, 6) is -0.902. The molecule has 1 aliphatic carbocycles. The van der Waals surface area contributed by atoms with Crippen molar-refractivity contribution in [2.75, 3.05) is 10.6 Å². The van der Waals surface area contributed by atoms with Crippen LogP contribution in [-0.2, 0) is 12.8 Å². The maximum atomic E-state index is 14.2. The summed E-state index contributed by atoms with van der Waals surface area (Å²) >= 11 is 1.44. The zero-order valence-corrected chi connectivity index (χ0v) is 20.2. The third-order valence-electron chi connectivity index (χ3n) is 6.34. The number of anilines is 2. The maximum absolute atomic E-state index is 14.2. The van der Waals surface area contributed by atoms with Gasteiger partial charge in [0.25, 0.3) is 11.8 Å². The van der Waals surface area contributed by atoms with Crippen LogP contribution in [0.15, 0.2) is 48.5 Å². The van der Waals surface area contributed by atoms with Gasteiger partial charge in [-0.15, -0.1) is 11.3 Å². The van der Waals surface area contributed by atoms with Gasteiger partial charge in [0.1, 0.15) is 10.8 Å². The Labute approximate surface area is 198 Å². The average molecular weight is 465 g/mol. The summed E-state index contributed by atoms with van der Waals surface area (Å²) in [5, 5.41) is 6.30. The molecule has 6 heteroatoms. The van der Waals surface area contributed by atoms with E-state index in [0.717, 1.165) is 35.3 Å². The van der Waals surface area contributed by atoms with E-state index in [4.69, 9.17) is 0 Å². The summed E-state index contributed by atoms with van der Waals surface area (Å²) in [5.41, 5.74) is 3.35. The van der Waals surface area contributed by atoms with E-state index in [1.165, 1.54) is 23.5 Å². The van der Waals surface area contributed by atoms with E-state index < -0.39 is 11.7 Å². The molecular formula is C27H29FN2O2S. The number of benzene rings is 2. The monoisotopic (exact) mass is 464 g/mol. The lowest BCUT2D eigenvalue weighted by Crippen LogP contribution is -2.27. The van der Waals surface area contributed by atoms with E-state index in [1.54, 1.807) is 12.1 Å². The lowest BCUT2D eigenvalue weighted by atomic mass is 9.72. The van der Waals surface area contributed by atoms with Gasteiger partial charge in [-0.1, -0.05) is 45.0 Å². The van der Waals surface area contributed by atoms with Crippen LogP contribution >= 0.6 is 11.3 Å². The molecule has 33 heavy (non-hydrogen) atoms. The Hall–Kier alpha value is -2.99. The number of thiophene rings is 1. The Balaban J connectivity index is 1.70. The summed E-state index contributed by atoms with van der Waals surface area (Å²) in [4.78, 5) is 27.4. The van der Waals surface area contributed by atoms with Crippen LogP contribution in [0.2, 0.25) is 0 Å². The van der Waals surface area contributed by atoms with Crippen molar-refractivity contribution in [2.24, 2.45) is 11.3 Å². The Kier molecular flexibility index (Phi) is 6.39. The van der Waals surface area contributed by atoms with Gasteiger partial charge in [-0.2, -0.15) is 0 Å². The van der Waals surface area contributed by atoms with Gasteiger partial charge in [0.05, 0.1) is 11.1 Å². The first-order valence-corrected chi connectivity index (χ1v) is 12.0. The number of carbonyl (C=O) groups excluding carboxylic acids is 2. The minimum atomic E-state index is -0.588. The minimum absolute atomic E-state index is 0.0403. The lowest BCUT2D eigenvalue weighted by molar-refractivity contribution is 0.102. The zero-order chi connectivity index (χ0) is 23.8. The van der Waals surface area contributed by atoms with Crippen LogP contribution < -0.4 is 10.6 Å². The number of nitrogens with one attached hydrogen (secondary N) is 2. The highest BCUT2D eigenvalue weighted by Crippen LogP contribution is 2.44. The third-order valence-corrected chi connectivity index (χ3v) is 7.51. The van der Waals surface area contributed by atoms with E-state index in [2.05, 4.69) is 31.4 Å². The van der Waals surface area contributed by atoms with Gasteiger partial charge in [-0.05, 0) is 72.9 Å². The molecule has 1 heterocycles. The van der Waals surface area contributed by atoms with Crippen molar-refractivity contribution in [3.8, 4) is 0 Å². The first kappa shape index (κ1) is 23.2. The SMILES string of the molecule is Cc1cccc(NC(=O)c2c(NC(=O)c3ccccc3F)sc3c2CCC(C(C)(C)C)C3)c1. The summed E-state index contributed by atoms with van der Waals surface area (Å²) < 4.78 is 14.2. The Morgan fingerprint density at radius 3 is 2.48 bits per heavy atom. The van der Waals surface area contributed by atoms with Crippen LogP contribution in [0.3, 0.4) is 0 Å². The number of halogens is 1. The highest BCUT2D eigenvalue weighted by atomic mass is 32.1. The number of carbonyl (C=O) groups is 2. The number of aryl methyl sites for hydroxylation is 1. The predicted octanol–water partition coefficient (Wildman–Crippen LogP) is 6.85. The number of fused-ring (bicyclic) bond motifs is 1. The Morgan fingerprint density at radius 2 is 1.79 bits per heavy atom. The highest BCUT2D eigenvalue weighted by Gasteiger charge is 2.34. The second kappa shape index (κ2) is 9.10. The molecule has 1 unspecified atom stereocenters. The standard InChI is InChI=1S/C27H29FN2O2S/c1-16-8-7-9-18(14-16)29-25(32)23-20-13-12-17(27(2,3)4)15-22(20)33-26(23)30-24(31)19-10-5-6-11-21(19)28/h5-11,14,17H,12-13,15H2,1-4H3,(H,29,32)(H,30,31). The van der Waals surface area contributed by atoms with Gasteiger partial charge >= 0.3 is 0 Å². The molecule has 0 saturated carbocycles. The Morgan fingerprint density at radius 1 is 1.03 bits per heavy atom. The van der Waals surface area contributed by atoms with Gasteiger partial charge in [-0.3, -0.25) is 9.59 Å². The second-order valence-corrected chi connectivity index (χ2v) is 10.9. The third kappa shape index (κ3) is 5.01.